The first-order valence-corrected chi connectivity index (χ1v) is 11.2. The van der Waals surface area contributed by atoms with Gasteiger partial charge in [0.25, 0.3) is 0 Å². The molecule has 0 aromatic rings. The van der Waals surface area contributed by atoms with Crippen LogP contribution in [0.5, 0.6) is 0 Å². The molecule has 0 unspecified atom stereocenters. The zero-order valence-corrected chi connectivity index (χ0v) is 19.0. The van der Waals surface area contributed by atoms with Crippen molar-refractivity contribution in [1.82, 2.24) is 4.90 Å². The number of ether oxygens (including phenoxy) is 1. The molecule has 1 N–H and O–H groups in total. The van der Waals surface area contributed by atoms with E-state index < -0.39 is 0 Å². The number of ketones is 1. The molecular weight excluding hydrogens is 366 g/mol. The van der Waals surface area contributed by atoms with E-state index in [2.05, 4.69) is 27.7 Å². The maximum Gasteiger partial charge on any atom is 0.330 e. The fraction of sp³-hybridized carbons (Fsp3) is 0.833. The van der Waals surface area contributed by atoms with E-state index in [1.165, 1.54) is 0 Å². The summed E-state index contributed by atoms with van der Waals surface area (Å²) in [5.41, 5.74) is 0.905. The van der Waals surface area contributed by atoms with Crippen molar-refractivity contribution in [3.8, 4) is 0 Å². The Morgan fingerprint density at radius 3 is 2.62 bits per heavy atom. The summed E-state index contributed by atoms with van der Waals surface area (Å²) in [6, 6.07) is 0. The van der Waals surface area contributed by atoms with E-state index in [1.807, 2.05) is 19.0 Å². The quantitative estimate of drug-likeness (QED) is 0.573. The van der Waals surface area contributed by atoms with E-state index in [1.54, 1.807) is 6.08 Å². The van der Waals surface area contributed by atoms with Gasteiger partial charge in [0.15, 0.2) is 0 Å². The lowest BCUT2D eigenvalue weighted by molar-refractivity contribution is -0.172. The number of aliphatic hydroxyl groups excluding tert-OH is 1. The highest BCUT2D eigenvalue weighted by Crippen LogP contribution is 2.63. The van der Waals surface area contributed by atoms with Gasteiger partial charge in [0.05, 0.1) is 6.10 Å². The number of hydrogen-bond acceptors (Lipinski definition) is 5. The number of carbonyl (C=O) groups excluding carboxylic acids is 2. The van der Waals surface area contributed by atoms with Gasteiger partial charge in [-0.25, -0.2) is 4.79 Å². The van der Waals surface area contributed by atoms with Crippen molar-refractivity contribution in [2.75, 3.05) is 27.2 Å². The second-order valence-electron chi connectivity index (χ2n) is 10.8. The van der Waals surface area contributed by atoms with E-state index in [0.717, 1.165) is 31.3 Å². The van der Waals surface area contributed by atoms with Gasteiger partial charge in [-0.2, -0.15) is 0 Å². The third kappa shape index (κ3) is 4.05. The van der Waals surface area contributed by atoms with Crippen LogP contribution in [0.2, 0.25) is 0 Å². The molecule has 3 fully saturated rings. The van der Waals surface area contributed by atoms with Crippen LogP contribution in [0.1, 0.15) is 59.8 Å². The van der Waals surface area contributed by atoms with Gasteiger partial charge in [-0.15, -0.1) is 0 Å². The van der Waals surface area contributed by atoms with Crippen molar-refractivity contribution in [3.05, 3.63) is 11.6 Å². The van der Waals surface area contributed by atoms with E-state index in [4.69, 9.17) is 4.74 Å². The summed E-state index contributed by atoms with van der Waals surface area (Å²) in [6.07, 6.45) is 5.44. The van der Waals surface area contributed by atoms with Crippen LogP contribution in [0.25, 0.3) is 0 Å². The minimum absolute atomic E-state index is 0.0168. The molecule has 3 saturated carbocycles. The predicted octanol–water partition coefficient (Wildman–Crippen LogP) is 3.46. The molecule has 0 aliphatic heterocycles. The standard InChI is InChI=1S/C24H39NO4/c1-15-16(13-21(28)29-12-11-25(5)6)7-8-17-22(15)18(26)14-19-23(2,3)20(27)9-10-24(17,19)4/h13,15,17,19-20,22,27H,7-12,14H2,1-6H3/b16-13+/t15-,17-,19+,20+,22-,24+/m1/s1. The van der Waals surface area contributed by atoms with E-state index >= 15 is 0 Å². The zero-order chi connectivity index (χ0) is 21.6. The highest BCUT2D eigenvalue weighted by molar-refractivity contribution is 5.86. The molecule has 0 spiro atoms. The van der Waals surface area contributed by atoms with Gasteiger partial charge in [-0.05, 0) is 68.4 Å². The average molecular weight is 406 g/mol. The molecule has 3 aliphatic carbocycles. The van der Waals surface area contributed by atoms with Crippen LogP contribution in [0.15, 0.2) is 11.6 Å². The molecule has 3 aliphatic rings. The smallest absolute Gasteiger partial charge is 0.330 e. The van der Waals surface area contributed by atoms with Crippen molar-refractivity contribution in [1.29, 1.82) is 0 Å². The third-order valence-electron chi connectivity index (χ3n) is 8.52. The Morgan fingerprint density at radius 1 is 1.28 bits per heavy atom. The van der Waals surface area contributed by atoms with Crippen LogP contribution in [-0.2, 0) is 14.3 Å². The Labute approximate surface area is 175 Å². The van der Waals surface area contributed by atoms with Crippen LogP contribution >= 0.6 is 0 Å². The molecule has 0 amide bonds. The van der Waals surface area contributed by atoms with Gasteiger partial charge >= 0.3 is 5.97 Å². The van der Waals surface area contributed by atoms with Gasteiger partial charge in [0, 0.05) is 25.0 Å². The first-order chi connectivity index (χ1) is 13.5. The van der Waals surface area contributed by atoms with Crippen LogP contribution in [0.3, 0.4) is 0 Å². The monoisotopic (exact) mass is 405 g/mol. The Kier molecular flexibility index (Phi) is 6.31. The van der Waals surface area contributed by atoms with Crippen molar-refractivity contribution in [2.24, 2.45) is 34.5 Å². The number of esters is 1. The lowest BCUT2D eigenvalue weighted by Gasteiger charge is -2.62. The largest absolute Gasteiger partial charge is 0.461 e. The minimum Gasteiger partial charge on any atom is -0.461 e. The Bertz CT molecular complexity index is 682. The summed E-state index contributed by atoms with van der Waals surface area (Å²) in [5, 5.41) is 10.6. The first kappa shape index (κ1) is 22.5. The number of aliphatic hydroxyl groups is 1. The molecule has 0 aromatic carbocycles. The van der Waals surface area contributed by atoms with Crippen LogP contribution in [-0.4, -0.2) is 55.1 Å². The summed E-state index contributed by atoms with van der Waals surface area (Å²) < 4.78 is 5.34. The van der Waals surface area contributed by atoms with Crippen molar-refractivity contribution < 1.29 is 19.4 Å². The molecule has 0 radical (unpaired) electrons. The molecular formula is C24H39NO4. The molecule has 164 valence electrons. The van der Waals surface area contributed by atoms with Crippen LogP contribution < -0.4 is 0 Å². The van der Waals surface area contributed by atoms with Gasteiger partial charge in [0.1, 0.15) is 12.4 Å². The molecule has 5 heteroatoms. The van der Waals surface area contributed by atoms with Gasteiger partial charge in [-0.3, -0.25) is 4.79 Å². The SMILES string of the molecule is C[C@@H]1/C(=C/C(=O)OCCN(C)C)CC[C@@H]2[C@@H]1C(=O)C[C@H]1C(C)(C)[C@@H](O)CC[C@@]21C. The van der Waals surface area contributed by atoms with Crippen LogP contribution in [0.4, 0.5) is 0 Å². The highest BCUT2D eigenvalue weighted by Gasteiger charge is 2.61. The number of carbonyl (C=O) groups is 2. The minimum atomic E-state index is -0.335. The van der Waals surface area contributed by atoms with Gasteiger partial charge in [-0.1, -0.05) is 33.3 Å². The summed E-state index contributed by atoms with van der Waals surface area (Å²) in [4.78, 5) is 27.5. The molecule has 6 atom stereocenters. The third-order valence-corrected chi connectivity index (χ3v) is 8.52. The van der Waals surface area contributed by atoms with E-state index in [0.29, 0.717) is 31.3 Å². The normalized spacial score (nSPS) is 40.5. The van der Waals surface area contributed by atoms with Crippen molar-refractivity contribution in [3.63, 3.8) is 0 Å². The second-order valence-corrected chi connectivity index (χ2v) is 10.8. The average Bonchev–Trinajstić information content (AvgIpc) is 2.63. The molecule has 0 saturated heterocycles. The number of nitrogens with zero attached hydrogens (tertiary/aromatic N) is 1. The summed E-state index contributed by atoms with van der Waals surface area (Å²) >= 11 is 0. The fourth-order valence-corrected chi connectivity index (χ4v) is 6.63. The first-order valence-electron chi connectivity index (χ1n) is 11.2. The molecule has 29 heavy (non-hydrogen) atoms. The number of rotatable bonds is 4. The Hall–Kier alpha value is -1.20. The molecule has 0 aromatic heterocycles. The zero-order valence-electron chi connectivity index (χ0n) is 19.0. The van der Waals surface area contributed by atoms with Gasteiger partial charge < -0.3 is 14.7 Å². The topological polar surface area (TPSA) is 66.8 Å². The number of Topliss-reactive ketones (excluding diaryl/α,β-unsaturated/α-hetero) is 1. The van der Waals surface area contributed by atoms with Crippen molar-refractivity contribution in [2.45, 2.75) is 65.9 Å². The highest BCUT2D eigenvalue weighted by atomic mass is 16.5. The number of allylic oxidation sites excluding steroid dienone is 1. The fourth-order valence-electron chi connectivity index (χ4n) is 6.63. The molecule has 5 nitrogen and oxygen atoms in total. The number of likely N-dealkylation sites (N-methyl/N-ethyl adjacent to an activating group) is 1. The maximum absolute atomic E-state index is 13.3. The van der Waals surface area contributed by atoms with Crippen LogP contribution in [0, 0.1) is 34.5 Å². The van der Waals surface area contributed by atoms with Gasteiger partial charge in [0.2, 0.25) is 0 Å². The maximum atomic E-state index is 13.3. The molecule has 0 heterocycles. The van der Waals surface area contributed by atoms with Crippen molar-refractivity contribution >= 4 is 11.8 Å². The number of hydrogen-bond donors (Lipinski definition) is 1. The molecule has 0 bridgehead atoms. The Morgan fingerprint density at radius 2 is 1.97 bits per heavy atom. The summed E-state index contributed by atoms with van der Waals surface area (Å²) in [7, 11) is 3.90. The Balaban J connectivity index is 1.78. The summed E-state index contributed by atoms with van der Waals surface area (Å²) in [5.74, 6) is 0.645. The summed E-state index contributed by atoms with van der Waals surface area (Å²) in [6.45, 7) is 9.82. The second kappa shape index (κ2) is 8.14. The lowest BCUT2D eigenvalue weighted by atomic mass is 9.42. The molecule has 3 rings (SSSR count). The predicted molar refractivity (Wildman–Crippen MR) is 113 cm³/mol. The lowest BCUT2D eigenvalue weighted by Crippen LogP contribution is -2.60. The van der Waals surface area contributed by atoms with E-state index in [-0.39, 0.29) is 40.7 Å². The number of fused-ring (bicyclic) bond motifs is 3. The van der Waals surface area contributed by atoms with E-state index in [9.17, 15) is 14.7 Å².